The van der Waals surface area contributed by atoms with Crippen molar-refractivity contribution in [1.29, 1.82) is 0 Å². The zero-order valence-electron chi connectivity index (χ0n) is 13.0. The lowest BCUT2D eigenvalue weighted by Gasteiger charge is -2.10. The van der Waals surface area contributed by atoms with Crippen molar-refractivity contribution in [2.24, 2.45) is 0 Å². The molecule has 26 heavy (non-hydrogen) atoms. The van der Waals surface area contributed by atoms with Gasteiger partial charge in [0.15, 0.2) is 5.92 Å². The first kappa shape index (κ1) is 17.6. The van der Waals surface area contributed by atoms with Gasteiger partial charge in [-0.3, -0.25) is 14.4 Å². The molecular formula is C18H11ClFNO5. The number of halogens is 2. The van der Waals surface area contributed by atoms with Gasteiger partial charge in [0.1, 0.15) is 5.82 Å². The summed E-state index contributed by atoms with van der Waals surface area (Å²) in [5.41, 5.74) is -0.0782. The van der Waals surface area contributed by atoms with Crippen LogP contribution in [0.25, 0.3) is 10.9 Å². The fraction of sp³-hybridized carbons (Fsp3) is 0.0556. The molecule has 0 saturated heterocycles. The van der Waals surface area contributed by atoms with Crippen LogP contribution in [0.4, 0.5) is 4.39 Å². The molecule has 0 aliphatic carbocycles. The van der Waals surface area contributed by atoms with Crippen LogP contribution in [0.5, 0.6) is 0 Å². The molecule has 3 aromatic rings. The van der Waals surface area contributed by atoms with Crippen LogP contribution < -0.4 is 0 Å². The zero-order chi connectivity index (χ0) is 19.0. The molecule has 0 unspecified atom stereocenters. The highest BCUT2D eigenvalue weighted by molar-refractivity contribution is 6.30. The molecule has 0 atom stereocenters. The van der Waals surface area contributed by atoms with E-state index in [-0.39, 0.29) is 27.7 Å². The third kappa shape index (κ3) is 3.04. The first-order valence-electron chi connectivity index (χ1n) is 7.36. The molecule has 0 aliphatic heterocycles. The molecule has 8 heteroatoms. The van der Waals surface area contributed by atoms with E-state index in [1.54, 1.807) is 0 Å². The predicted molar refractivity (Wildman–Crippen MR) is 91.2 cm³/mol. The van der Waals surface area contributed by atoms with Gasteiger partial charge < -0.3 is 15.2 Å². The van der Waals surface area contributed by atoms with E-state index in [0.717, 1.165) is 12.1 Å². The summed E-state index contributed by atoms with van der Waals surface area (Å²) in [6.07, 6.45) is 0. The van der Waals surface area contributed by atoms with Gasteiger partial charge in [-0.1, -0.05) is 11.6 Å². The molecule has 6 nitrogen and oxygen atoms in total. The van der Waals surface area contributed by atoms with Crippen LogP contribution >= 0.6 is 11.6 Å². The number of aromatic amines is 1. The largest absolute Gasteiger partial charge is 0.480 e. The number of nitrogens with one attached hydrogen (secondary N) is 1. The number of rotatable bonds is 5. The van der Waals surface area contributed by atoms with Crippen LogP contribution in [-0.2, 0) is 9.59 Å². The van der Waals surface area contributed by atoms with Crippen LogP contribution in [0.15, 0.2) is 42.5 Å². The highest BCUT2D eigenvalue weighted by Crippen LogP contribution is 2.32. The Morgan fingerprint density at radius 2 is 1.62 bits per heavy atom. The van der Waals surface area contributed by atoms with Gasteiger partial charge in [-0.25, -0.2) is 4.39 Å². The SMILES string of the molecule is O=C(c1ccc(Cl)cc1)c1[nH]c2ccc(F)cc2c1C(C(=O)O)C(=O)O. The summed E-state index contributed by atoms with van der Waals surface area (Å²) < 4.78 is 13.7. The number of carbonyl (C=O) groups excluding carboxylic acids is 1. The summed E-state index contributed by atoms with van der Waals surface area (Å²) in [4.78, 5) is 38.6. The standard InChI is InChI=1S/C18H11ClFNO5/c19-9-3-1-8(2-4-9)16(22)15-13(14(17(23)24)18(25)26)11-7-10(20)5-6-12(11)21-15/h1-7,14,21H,(H,23,24)(H,25,26). The summed E-state index contributed by atoms with van der Waals surface area (Å²) >= 11 is 5.79. The normalized spacial score (nSPS) is 11.0. The topological polar surface area (TPSA) is 107 Å². The number of hydrogen-bond donors (Lipinski definition) is 3. The Hall–Kier alpha value is -3.19. The Kier molecular flexibility index (Phi) is 4.48. The maximum absolute atomic E-state index is 13.7. The van der Waals surface area contributed by atoms with Crippen molar-refractivity contribution in [3.63, 3.8) is 0 Å². The van der Waals surface area contributed by atoms with Gasteiger partial charge in [0.2, 0.25) is 5.78 Å². The molecule has 2 aromatic carbocycles. The Bertz CT molecular complexity index is 1030. The van der Waals surface area contributed by atoms with E-state index in [0.29, 0.717) is 5.02 Å². The van der Waals surface area contributed by atoms with Crippen molar-refractivity contribution in [2.75, 3.05) is 0 Å². The average Bonchev–Trinajstić information content (AvgIpc) is 2.93. The molecule has 0 saturated carbocycles. The number of fused-ring (bicyclic) bond motifs is 1. The molecule has 1 heterocycles. The minimum absolute atomic E-state index is 0.0251. The average molecular weight is 376 g/mol. The molecule has 3 rings (SSSR count). The molecule has 3 N–H and O–H groups in total. The Morgan fingerprint density at radius 3 is 2.19 bits per heavy atom. The number of benzene rings is 2. The van der Waals surface area contributed by atoms with E-state index in [4.69, 9.17) is 11.6 Å². The van der Waals surface area contributed by atoms with Crippen molar-refractivity contribution in [3.05, 3.63) is 70.1 Å². The minimum Gasteiger partial charge on any atom is -0.480 e. The summed E-state index contributed by atoms with van der Waals surface area (Å²) in [5.74, 6) is -6.66. The van der Waals surface area contributed by atoms with Gasteiger partial charge in [0.25, 0.3) is 0 Å². The van der Waals surface area contributed by atoms with Crippen molar-refractivity contribution >= 4 is 40.2 Å². The minimum atomic E-state index is -2.03. The summed E-state index contributed by atoms with van der Waals surface area (Å²) in [5, 5.41) is 19.1. The highest BCUT2D eigenvalue weighted by atomic mass is 35.5. The molecule has 0 amide bonds. The summed E-state index contributed by atoms with van der Waals surface area (Å²) in [6, 6.07) is 9.24. The third-order valence-corrected chi connectivity index (χ3v) is 4.17. The van der Waals surface area contributed by atoms with Crippen molar-refractivity contribution in [1.82, 2.24) is 4.98 Å². The number of ketones is 1. The maximum Gasteiger partial charge on any atom is 0.322 e. The van der Waals surface area contributed by atoms with Crippen molar-refractivity contribution < 1.29 is 29.0 Å². The first-order chi connectivity index (χ1) is 12.3. The van der Waals surface area contributed by atoms with Crippen LogP contribution in [0, 0.1) is 5.82 Å². The predicted octanol–water partition coefficient (Wildman–Crippen LogP) is 3.44. The smallest absolute Gasteiger partial charge is 0.322 e. The van der Waals surface area contributed by atoms with Gasteiger partial charge in [-0.05, 0) is 42.5 Å². The highest BCUT2D eigenvalue weighted by Gasteiger charge is 2.35. The molecule has 0 bridgehead atoms. The zero-order valence-corrected chi connectivity index (χ0v) is 13.7. The summed E-state index contributed by atoms with van der Waals surface area (Å²) in [6.45, 7) is 0. The van der Waals surface area contributed by atoms with E-state index < -0.39 is 29.5 Å². The Morgan fingerprint density at radius 1 is 1.00 bits per heavy atom. The van der Waals surface area contributed by atoms with E-state index in [1.807, 2.05) is 0 Å². The lowest BCUT2D eigenvalue weighted by Crippen LogP contribution is -2.23. The fourth-order valence-corrected chi connectivity index (χ4v) is 2.89. The van der Waals surface area contributed by atoms with E-state index in [2.05, 4.69) is 4.98 Å². The number of carbonyl (C=O) groups is 3. The van der Waals surface area contributed by atoms with E-state index in [1.165, 1.54) is 30.3 Å². The first-order valence-corrected chi connectivity index (χ1v) is 7.74. The van der Waals surface area contributed by atoms with Gasteiger partial charge in [-0.2, -0.15) is 0 Å². The lowest BCUT2D eigenvalue weighted by atomic mass is 9.93. The van der Waals surface area contributed by atoms with Crippen LogP contribution in [0.2, 0.25) is 5.02 Å². The quantitative estimate of drug-likeness (QED) is 0.467. The van der Waals surface area contributed by atoms with E-state index >= 15 is 0 Å². The lowest BCUT2D eigenvalue weighted by molar-refractivity contribution is -0.149. The monoisotopic (exact) mass is 375 g/mol. The molecule has 1 aromatic heterocycles. The maximum atomic E-state index is 13.7. The van der Waals surface area contributed by atoms with Gasteiger partial charge in [0, 0.05) is 27.1 Å². The number of hydrogen-bond acceptors (Lipinski definition) is 3. The van der Waals surface area contributed by atoms with E-state index in [9.17, 15) is 29.0 Å². The molecule has 0 spiro atoms. The third-order valence-electron chi connectivity index (χ3n) is 3.92. The summed E-state index contributed by atoms with van der Waals surface area (Å²) in [7, 11) is 0. The molecule has 0 fully saturated rings. The van der Waals surface area contributed by atoms with Crippen molar-refractivity contribution in [3.8, 4) is 0 Å². The number of carboxylic acid groups (broad SMARTS) is 2. The molecule has 0 radical (unpaired) electrons. The van der Waals surface area contributed by atoms with Crippen LogP contribution in [0.3, 0.4) is 0 Å². The van der Waals surface area contributed by atoms with Crippen LogP contribution in [0.1, 0.15) is 27.5 Å². The van der Waals surface area contributed by atoms with Gasteiger partial charge in [-0.15, -0.1) is 0 Å². The Labute approximate surface area is 150 Å². The second kappa shape index (κ2) is 6.61. The van der Waals surface area contributed by atoms with Gasteiger partial charge in [0.05, 0.1) is 5.69 Å². The second-order valence-corrected chi connectivity index (χ2v) is 5.99. The van der Waals surface area contributed by atoms with Crippen LogP contribution in [-0.4, -0.2) is 32.9 Å². The fourth-order valence-electron chi connectivity index (χ4n) is 2.76. The second-order valence-electron chi connectivity index (χ2n) is 5.55. The van der Waals surface area contributed by atoms with Gasteiger partial charge >= 0.3 is 11.9 Å². The molecule has 0 aliphatic rings. The number of aromatic nitrogens is 1. The van der Waals surface area contributed by atoms with Crippen molar-refractivity contribution in [2.45, 2.75) is 5.92 Å². The molecular weight excluding hydrogens is 365 g/mol. The number of aliphatic carboxylic acids is 2. The Balaban J connectivity index is 2.29. The number of carboxylic acids is 2. The number of H-pyrrole nitrogens is 1. The molecule has 132 valence electrons.